The van der Waals surface area contributed by atoms with Crippen LogP contribution in [0.2, 0.25) is 0 Å². The lowest BCUT2D eigenvalue weighted by Crippen LogP contribution is -2.01. The molecular formula is C6H8N6S. The van der Waals surface area contributed by atoms with Crippen LogP contribution >= 0.6 is 11.3 Å². The lowest BCUT2D eigenvalue weighted by Gasteiger charge is -1.84. The van der Waals surface area contributed by atoms with E-state index in [9.17, 15) is 0 Å². The van der Waals surface area contributed by atoms with Crippen LogP contribution in [0.15, 0.2) is 6.20 Å². The van der Waals surface area contributed by atoms with Crippen LogP contribution in [0.1, 0.15) is 5.01 Å². The van der Waals surface area contributed by atoms with Crippen LogP contribution in [0, 0.1) is 0 Å². The largest absolute Gasteiger partial charge is 0.330 e. The molecule has 0 aromatic carbocycles. The zero-order valence-electron chi connectivity index (χ0n) is 6.77. The van der Waals surface area contributed by atoms with Crippen molar-refractivity contribution < 1.29 is 0 Å². The quantitative estimate of drug-likeness (QED) is 0.710. The monoisotopic (exact) mass is 196 g/mol. The summed E-state index contributed by atoms with van der Waals surface area (Å²) < 4.78 is 0. The van der Waals surface area contributed by atoms with E-state index in [1.165, 1.54) is 11.3 Å². The second-order valence-corrected chi connectivity index (χ2v) is 3.46. The maximum atomic E-state index is 5.39. The molecule has 0 amide bonds. The van der Waals surface area contributed by atoms with E-state index in [2.05, 4.69) is 25.6 Å². The summed E-state index contributed by atoms with van der Waals surface area (Å²) in [6.07, 6.45) is 2.38. The Hall–Kier alpha value is -1.34. The van der Waals surface area contributed by atoms with Crippen LogP contribution in [-0.4, -0.2) is 32.2 Å². The van der Waals surface area contributed by atoms with E-state index in [-0.39, 0.29) is 0 Å². The van der Waals surface area contributed by atoms with Gasteiger partial charge in [0.1, 0.15) is 10.7 Å². The van der Waals surface area contributed by atoms with Crippen LogP contribution in [0.3, 0.4) is 0 Å². The summed E-state index contributed by atoms with van der Waals surface area (Å²) in [6.45, 7) is 0.591. The van der Waals surface area contributed by atoms with Crippen molar-refractivity contribution in [3.05, 3.63) is 11.2 Å². The fraction of sp³-hybridized carbons (Fsp3) is 0.333. The third-order valence-electron chi connectivity index (χ3n) is 1.46. The topological polar surface area (TPSA) is 93.4 Å². The van der Waals surface area contributed by atoms with Crippen molar-refractivity contribution in [3.8, 4) is 10.7 Å². The lowest BCUT2D eigenvalue weighted by atomic mass is 10.5. The van der Waals surface area contributed by atoms with E-state index >= 15 is 0 Å². The molecule has 3 N–H and O–H groups in total. The zero-order chi connectivity index (χ0) is 9.10. The average Bonchev–Trinajstić information content (AvgIpc) is 2.70. The fourth-order valence-electron chi connectivity index (χ4n) is 0.886. The number of H-pyrrole nitrogens is 1. The number of nitrogens with two attached hydrogens (primary N) is 1. The standard InChI is InChI=1S/C6H8N6S/c7-2-1-5-10-11-6(13-5)4-3-8-12-9-4/h3H,1-2,7H2,(H,8,9,12). The SMILES string of the molecule is NCCc1nnc(-c2cn[nH]n2)s1. The van der Waals surface area contributed by atoms with Crippen molar-refractivity contribution in [2.75, 3.05) is 6.54 Å². The molecule has 2 rings (SSSR count). The van der Waals surface area contributed by atoms with Gasteiger partial charge in [0.25, 0.3) is 0 Å². The molecule has 0 fully saturated rings. The molecule has 0 aliphatic carbocycles. The molecule has 0 spiro atoms. The Kier molecular flexibility index (Phi) is 2.28. The first-order valence-electron chi connectivity index (χ1n) is 3.78. The van der Waals surface area contributed by atoms with E-state index < -0.39 is 0 Å². The number of aromatic nitrogens is 5. The molecule has 2 aromatic heterocycles. The van der Waals surface area contributed by atoms with E-state index in [0.29, 0.717) is 6.54 Å². The van der Waals surface area contributed by atoms with Crippen LogP contribution in [0.25, 0.3) is 10.7 Å². The second kappa shape index (κ2) is 3.58. The first-order valence-corrected chi connectivity index (χ1v) is 4.60. The number of nitrogens with one attached hydrogen (secondary N) is 1. The van der Waals surface area contributed by atoms with Gasteiger partial charge in [-0.25, -0.2) is 0 Å². The minimum atomic E-state index is 0.591. The molecule has 6 nitrogen and oxygen atoms in total. The van der Waals surface area contributed by atoms with Gasteiger partial charge < -0.3 is 5.73 Å². The molecule has 0 atom stereocenters. The van der Waals surface area contributed by atoms with Crippen molar-refractivity contribution >= 4 is 11.3 Å². The highest BCUT2D eigenvalue weighted by atomic mass is 32.1. The minimum absolute atomic E-state index is 0.591. The molecule has 0 bridgehead atoms. The molecule has 68 valence electrons. The Morgan fingerprint density at radius 1 is 1.46 bits per heavy atom. The van der Waals surface area contributed by atoms with Crippen LogP contribution in [0.4, 0.5) is 0 Å². The van der Waals surface area contributed by atoms with Crippen LogP contribution < -0.4 is 5.73 Å². The van der Waals surface area contributed by atoms with Gasteiger partial charge in [-0.15, -0.1) is 10.2 Å². The molecule has 13 heavy (non-hydrogen) atoms. The number of rotatable bonds is 3. The summed E-state index contributed by atoms with van der Waals surface area (Å²) in [5, 5.41) is 19.8. The van der Waals surface area contributed by atoms with Gasteiger partial charge in [-0.2, -0.15) is 15.4 Å². The van der Waals surface area contributed by atoms with Crippen molar-refractivity contribution in [1.29, 1.82) is 0 Å². The summed E-state index contributed by atoms with van der Waals surface area (Å²) in [5.74, 6) is 0. The Morgan fingerprint density at radius 3 is 3.08 bits per heavy atom. The first-order chi connectivity index (χ1) is 6.40. The number of nitrogens with zero attached hydrogens (tertiary/aromatic N) is 4. The third kappa shape index (κ3) is 1.70. The van der Waals surface area contributed by atoms with Gasteiger partial charge in [0.05, 0.1) is 6.20 Å². The normalized spacial score (nSPS) is 10.5. The van der Waals surface area contributed by atoms with Gasteiger partial charge >= 0.3 is 0 Å². The highest BCUT2D eigenvalue weighted by Crippen LogP contribution is 2.19. The highest BCUT2D eigenvalue weighted by molar-refractivity contribution is 7.14. The second-order valence-electron chi connectivity index (χ2n) is 2.39. The van der Waals surface area contributed by atoms with Crippen LogP contribution in [-0.2, 0) is 6.42 Å². The van der Waals surface area contributed by atoms with Crippen molar-refractivity contribution in [2.24, 2.45) is 5.73 Å². The number of hydrogen-bond acceptors (Lipinski definition) is 6. The Labute approximate surface area is 78.2 Å². The maximum Gasteiger partial charge on any atom is 0.169 e. The van der Waals surface area contributed by atoms with Crippen molar-refractivity contribution in [3.63, 3.8) is 0 Å². The Bertz CT molecular complexity index is 366. The highest BCUT2D eigenvalue weighted by Gasteiger charge is 2.07. The van der Waals surface area contributed by atoms with E-state index in [4.69, 9.17) is 5.73 Å². The molecular weight excluding hydrogens is 188 g/mol. The predicted molar refractivity (Wildman–Crippen MR) is 48.0 cm³/mol. The number of hydrogen-bond donors (Lipinski definition) is 2. The maximum absolute atomic E-state index is 5.39. The van der Waals surface area contributed by atoms with Gasteiger partial charge in [-0.3, -0.25) is 0 Å². The molecule has 7 heteroatoms. The predicted octanol–water partition coefficient (Wildman–Crippen LogP) is -0.176. The number of aromatic amines is 1. The lowest BCUT2D eigenvalue weighted by molar-refractivity contribution is 0.910. The Balaban J connectivity index is 2.23. The molecule has 0 saturated carbocycles. The average molecular weight is 196 g/mol. The van der Waals surface area contributed by atoms with Gasteiger partial charge in [-0.05, 0) is 6.54 Å². The first kappa shape index (κ1) is 8.27. The molecule has 2 aromatic rings. The molecule has 0 unspecified atom stereocenters. The summed E-state index contributed by atoms with van der Waals surface area (Å²) in [6, 6.07) is 0. The van der Waals surface area contributed by atoms with Gasteiger partial charge in [-0.1, -0.05) is 11.3 Å². The summed E-state index contributed by atoms with van der Waals surface area (Å²) in [5.41, 5.74) is 6.12. The summed E-state index contributed by atoms with van der Waals surface area (Å²) in [4.78, 5) is 0. The molecule has 0 aliphatic rings. The third-order valence-corrected chi connectivity index (χ3v) is 2.46. The van der Waals surface area contributed by atoms with Crippen molar-refractivity contribution in [1.82, 2.24) is 25.6 Å². The van der Waals surface area contributed by atoms with Gasteiger partial charge in [0, 0.05) is 6.42 Å². The Morgan fingerprint density at radius 2 is 2.38 bits per heavy atom. The van der Waals surface area contributed by atoms with Gasteiger partial charge in [0.2, 0.25) is 0 Å². The van der Waals surface area contributed by atoms with Crippen molar-refractivity contribution in [2.45, 2.75) is 6.42 Å². The summed E-state index contributed by atoms with van der Waals surface area (Å²) >= 11 is 1.49. The minimum Gasteiger partial charge on any atom is -0.330 e. The molecule has 0 saturated heterocycles. The van der Waals surface area contributed by atoms with Crippen LogP contribution in [0.5, 0.6) is 0 Å². The van der Waals surface area contributed by atoms with Gasteiger partial charge in [0.15, 0.2) is 5.01 Å². The smallest absolute Gasteiger partial charge is 0.169 e. The van der Waals surface area contributed by atoms with E-state index in [1.807, 2.05) is 0 Å². The zero-order valence-corrected chi connectivity index (χ0v) is 7.58. The molecule has 2 heterocycles. The van der Waals surface area contributed by atoms with E-state index in [0.717, 1.165) is 22.1 Å². The van der Waals surface area contributed by atoms with E-state index in [1.54, 1.807) is 6.20 Å². The fourth-order valence-corrected chi connectivity index (χ4v) is 1.70. The molecule has 0 radical (unpaired) electrons. The summed E-state index contributed by atoms with van der Waals surface area (Å²) in [7, 11) is 0. The molecule has 0 aliphatic heterocycles.